The van der Waals surface area contributed by atoms with Crippen LogP contribution < -0.4 is 0 Å². The number of hydrogen-bond acceptors (Lipinski definition) is 0. The molecule has 0 saturated heterocycles. The Balaban J connectivity index is 0.000000130. The zero-order valence-corrected chi connectivity index (χ0v) is 84.4. The van der Waals surface area contributed by atoms with E-state index >= 15 is 0 Å². The van der Waals surface area contributed by atoms with Crippen molar-refractivity contribution in [2.45, 2.75) is 578 Å². The van der Waals surface area contributed by atoms with E-state index < -0.39 is 0 Å². The first-order valence-electron chi connectivity index (χ1n) is 59.9. The van der Waals surface area contributed by atoms with Crippen molar-refractivity contribution in [2.75, 3.05) is 0 Å². The predicted octanol–water partition coefficient (Wildman–Crippen LogP) is 42.0. The van der Waals surface area contributed by atoms with Crippen LogP contribution in [-0.2, 0) is 0 Å². The van der Waals surface area contributed by atoms with Gasteiger partial charge in [0.05, 0.1) is 0 Å². The molecule has 0 spiro atoms. The third-order valence-corrected chi connectivity index (χ3v) is 37.1. The van der Waals surface area contributed by atoms with Crippen LogP contribution in [0.5, 0.6) is 0 Å². The molecule has 31 aliphatic carbocycles. The minimum absolute atomic E-state index is 0.985. The topological polar surface area (TPSA) is 0 Å². The van der Waals surface area contributed by atoms with Gasteiger partial charge in [0.15, 0.2) is 0 Å². The third kappa shape index (κ3) is 47.4. The Morgan fingerprint density at radius 1 is 0.127 bits per heavy atom. The Bertz CT molecular complexity index is 2570. The van der Waals surface area contributed by atoms with Crippen molar-refractivity contribution in [3.63, 3.8) is 0 Å². The molecule has 31 aliphatic rings. The van der Waals surface area contributed by atoms with Gasteiger partial charge >= 0.3 is 0 Å². The molecule has 0 aliphatic heterocycles. The smallest absolute Gasteiger partial charge is 0.0169 e. The summed E-state index contributed by atoms with van der Waals surface area (Å²) in [4.78, 5) is 0. The van der Waals surface area contributed by atoms with Crippen molar-refractivity contribution in [1.29, 1.82) is 0 Å². The fourth-order valence-corrected chi connectivity index (χ4v) is 27.5. The van der Waals surface area contributed by atoms with Gasteiger partial charge in [0.25, 0.3) is 0 Å². The van der Waals surface area contributed by atoms with Crippen LogP contribution in [0.1, 0.15) is 578 Å². The lowest BCUT2D eigenvalue weighted by molar-refractivity contribution is 0.116. The molecule has 126 heavy (non-hydrogen) atoms. The van der Waals surface area contributed by atoms with Gasteiger partial charge in [0.1, 0.15) is 0 Å². The standard InChI is InChI=1S/C10H18.C9H16.C9H14.2C8H14.C8H16.C7H12.C7H10.C7H12.C7H14.2C6H10.2C6H8.C5H8.C5H10.C5H8.C4H8.C3H6/c1-2-6-10-8-4-3-7-9(10)5-1;2*1-2-5-9-7-3-6-8(9)4-1;1-3-7-5-2-6-8(7)4-1;1-2-8-5-3-7(1)4-6-8;1-2-4-6-8-7-5-3-1;2*1-2-7-4-3-6(1)5-7;1-2-6-4-7(3-1)5-6;1-2-4-6-7-5-3-1;1-2-5-4-6(5)3-1;3*1-2-4-6-5-3-1;1-2-5-3-4(1)5;2*1-2-4-5-3-1;1-2-4-3-1;1-2-3-1/h9-10H,1-8H2;8-9H,1-7H2;3,6,8-9H,1-2,4-5,7H2;2*7-8H,1-6H2;1-8H2;6-7H,1-5H2;1-2,6-7H,3-5H2;6-7H,1-5H2;1-7H2;5-6H,1-4H2;1-2H,3-6H2;1-2,5-6H,3-4H2;1-4H,5-6H2;4-5H,1-3H2;1-5H2;1-2H,3-5H2;1-4H2;1-3H2. The quantitative estimate of drug-likeness (QED) is 0.168. The second-order valence-electron chi connectivity index (χ2n) is 47.6. The largest absolute Gasteiger partial charge is 0.0885 e. The summed E-state index contributed by atoms with van der Waals surface area (Å²) in [5.41, 5.74) is 0. The molecular formula is C126H216. The molecule has 0 heterocycles. The summed E-state index contributed by atoms with van der Waals surface area (Å²) in [5, 5.41) is 0. The van der Waals surface area contributed by atoms with Crippen LogP contribution in [0.25, 0.3) is 0 Å². The lowest BCUT2D eigenvalue weighted by atomic mass is 9.65. The predicted molar refractivity (Wildman–Crippen MR) is 558 cm³/mol. The SMILES string of the molecule is C1=CC2CCC1C2.C1=CC2CCCCC2C1.C1=CCC=CC1.C1=CCCC1.C1=CCCC=C1.C1=CCCCC1.C1CC1.C1CC2CC(C1)C2.C1CC2CC12.C1CC2CC2C1.C1CC2CCC1C2.C1CC2CCC1CC2.C1CC2CCCC2C1.C1CCC1.C1CCC2CCCC2C1.C1CCC2CCCCC2C1.C1CCCC1.C1CCCCCC1.C1CCCCCCC1. The van der Waals surface area contributed by atoms with Crippen molar-refractivity contribution >= 4 is 0 Å². The first-order chi connectivity index (χ1) is 62.6. The van der Waals surface area contributed by atoms with Gasteiger partial charge in [-0.05, 0) is 272 Å². The molecule has 10 atom stereocenters. The Labute approximate surface area is 788 Å². The van der Waals surface area contributed by atoms with E-state index in [9.17, 15) is 0 Å². The van der Waals surface area contributed by atoms with Gasteiger partial charge in [-0.25, -0.2) is 0 Å². The number of fused-ring (bicyclic) bond motifs is 15. The van der Waals surface area contributed by atoms with Crippen LogP contribution in [0.2, 0.25) is 0 Å². The summed E-state index contributed by atoms with van der Waals surface area (Å²) in [5.74, 6) is 22.9. The molecule has 31 rings (SSSR count). The van der Waals surface area contributed by atoms with E-state index in [-0.39, 0.29) is 0 Å². The van der Waals surface area contributed by atoms with Crippen molar-refractivity contribution < 1.29 is 0 Å². The molecule has 0 aromatic heterocycles. The molecular weight excluding hydrogens is 1510 g/mol. The molecule has 720 valence electrons. The van der Waals surface area contributed by atoms with E-state index in [1.165, 1.54) is 424 Å². The highest BCUT2D eigenvalue weighted by atomic mass is 14.5. The van der Waals surface area contributed by atoms with Crippen molar-refractivity contribution in [3.8, 4) is 0 Å². The van der Waals surface area contributed by atoms with Crippen LogP contribution in [0.3, 0.4) is 0 Å². The Kier molecular flexibility index (Phi) is 56.3. The van der Waals surface area contributed by atoms with Gasteiger partial charge in [-0.2, -0.15) is 0 Å². The van der Waals surface area contributed by atoms with E-state index in [2.05, 4.69) is 97.2 Å². The van der Waals surface area contributed by atoms with Gasteiger partial charge in [-0.1, -0.05) is 521 Å². The first kappa shape index (κ1) is 104. The van der Waals surface area contributed by atoms with Crippen LogP contribution >= 0.6 is 0 Å². The molecule has 25 saturated carbocycles. The zero-order valence-electron chi connectivity index (χ0n) is 84.4. The maximum absolute atomic E-state index is 2.43. The zero-order chi connectivity index (χ0) is 86.5. The molecule has 0 N–H and O–H groups in total. The molecule has 25 fully saturated rings. The van der Waals surface area contributed by atoms with Gasteiger partial charge < -0.3 is 0 Å². The highest BCUT2D eigenvalue weighted by Crippen LogP contribution is 2.56. The summed E-state index contributed by atoms with van der Waals surface area (Å²) in [6.45, 7) is 0. The van der Waals surface area contributed by atoms with Crippen LogP contribution in [0.4, 0.5) is 0 Å². The molecule has 0 heteroatoms. The number of allylic oxidation sites excluding steroid dienone is 16. The van der Waals surface area contributed by atoms with Crippen LogP contribution in [0, 0.1) is 118 Å². The Morgan fingerprint density at radius 3 is 0.563 bits per heavy atom. The molecule has 0 aromatic carbocycles. The first-order valence-corrected chi connectivity index (χ1v) is 59.9. The molecule has 0 radical (unpaired) electrons. The monoisotopic (exact) mass is 1730 g/mol. The lowest BCUT2D eigenvalue weighted by Gasteiger charge is -2.40. The second-order valence-corrected chi connectivity index (χ2v) is 47.6. The van der Waals surface area contributed by atoms with E-state index in [1.807, 2.05) is 0 Å². The fraction of sp³-hybridized carbons (Fsp3) is 0.873. The van der Waals surface area contributed by atoms with Gasteiger partial charge in [0.2, 0.25) is 0 Å². The van der Waals surface area contributed by atoms with Crippen LogP contribution in [-0.4, -0.2) is 0 Å². The Hall–Kier alpha value is -2.08. The van der Waals surface area contributed by atoms with Crippen LogP contribution in [0.15, 0.2) is 97.2 Å². The molecule has 0 aromatic rings. The van der Waals surface area contributed by atoms with E-state index in [0.29, 0.717) is 0 Å². The normalized spacial score (nSPS) is 36.3. The van der Waals surface area contributed by atoms with Gasteiger partial charge in [-0.3, -0.25) is 0 Å². The average Bonchev–Trinajstić information content (AvgIpc) is 1.63. The van der Waals surface area contributed by atoms with Gasteiger partial charge in [-0.15, -0.1) is 0 Å². The lowest BCUT2D eigenvalue weighted by Crippen LogP contribution is -2.28. The highest BCUT2D eigenvalue weighted by Gasteiger charge is 2.45. The summed E-state index contributed by atoms with van der Waals surface area (Å²) in [7, 11) is 0. The molecule has 0 nitrogen and oxygen atoms in total. The van der Waals surface area contributed by atoms with Crippen molar-refractivity contribution in [2.24, 2.45) is 118 Å². The second kappa shape index (κ2) is 68.0. The third-order valence-electron chi connectivity index (χ3n) is 37.1. The average molecular weight is 1730 g/mol. The van der Waals surface area contributed by atoms with E-state index in [4.69, 9.17) is 0 Å². The minimum atomic E-state index is 0.985. The Morgan fingerprint density at radius 2 is 0.389 bits per heavy atom. The van der Waals surface area contributed by atoms with E-state index in [0.717, 1.165) is 60.2 Å². The van der Waals surface area contributed by atoms with E-state index in [1.54, 1.807) is 212 Å². The van der Waals surface area contributed by atoms with Crippen molar-refractivity contribution in [1.82, 2.24) is 0 Å². The minimum Gasteiger partial charge on any atom is -0.0885 e. The maximum atomic E-state index is 2.43. The summed E-state index contributed by atoms with van der Waals surface area (Å²) in [6, 6.07) is 0. The van der Waals surface area contributed by atoms with Gasteiger partial charge in [0, 0.05) is 0 Å². The summed E-state index contributed by atoms with van der Waals surface area (Å²) < 4.78 is 0. The molecule has 10 unspecified atom stereocenters. The number of rotatable bonds is 0. The van der Waals surface area contributed by atoms with Crippen molar-refractivity contribution in [3.05, 3.63) is 97.2 Å². The summed E-state index contributed by atoms with van der Waals surface area (Å²) >= 11 is 0. The molecule has 0 amide bonds. The fourth-order valence-electron chi connectivity index (χ4n) is 27.5. The highest BCUT2D eigenvalue weighted by molar-refractivity contribution is 5.08. The molecule has 8 bridgehead atoms. The maximum Gasteiger partial charge on any atom is -0.0169 e. The number of hydrogen-bond donors (Lipinski definition) is 0. The summed E-state index contributed by atoms with van der Waals surface area (Å²) in [6.07, 6.45) is 171.